The first-order valence-corrected chi connectivity index (χ1v) is 29.1. The van der Waals surface area contributed by atoms with Gasteiger partial charge < -0.3 is 40.5 Å². The average molecular weight is 1030 g/mol. The fourth-order valence-corrected chi connectivity index (χ4v) is 19.7. The van der Waals surface area contributed by atoms with E-state index in [1.54, 1.807) is 15.8 Å². The molecule has 0 radical (unpaired) electrons. The monoisotopic (exact) mass is 1030 g/mol. The maximum atomic E-state index is 13.2. The van der Waals surface area contributed by atoms with Crippen LogP contribution in [0.15, 0.2) is 45.6 Å². The van der Waals surface area contributed by atoms with Crippen molar-refractivity contribution >= 4 is 17.7 Å². The van der Waals surface area contributed by atoms with E-state index in [9.17, 15) is 37.8 Å². The van der Waals surface area contributed by atoms with Crippen LogP contribution in [0.25, 0.3) is 0 Å². The number of hydrogen-bond donors (Lipinski definition) is 4. The summed E-state index contributed by atoms with van der Waals surface area (Å²) in [5, 5.41) is 22.4. The van der Waals surface area contributed by atoms with Crippen molar-refractivity contribution in [1.82, 2.24) is 15.1 Å². The molecule has 8 fully saturated rings. The summed E-state index contributed by atoms with van der Waals surface area (Å²) in [6.07, 6.45) is 15.7. The molecule has 4 heterocycles. The van der Waals surface area contributed by atoms with Crippen LogP contribution < -0.4 is 11.1 Å². The highest BCUT2D eigenvalue weighted by atomic mass is 19.4. The Morgan fingerprint density at radius 1 is 0.689 bits per heavy atom. The fraction of sp³-hybridized carbons (Fsp3) is 0.817. The van der Waals surface area contributed by atoms with E-state index >= 15 is 0 Å². The van der Waals surface area contributed by atoms with Crippen molar-refractivity contribution in [2.24, 2.45) is 75.7 Å². The number of carbonyl (C=O) groups excluding carboxylic acids is 3. The van der Waals surface area contributed by atoms with Crippen molar-refractivity contribution < 1.29 is 47.2 Å². The summed E-state index contributed by atoms with van der Waals surface area (Å²) < 4.78 is 52.3. The van der Waals surface area contributed by atoms with Crippen LogP contribution in [-0.2, 0) is 23.9 Å². The second-order valence-corrected chi connectivity index (χ2v) is 26.9. The number of hydrogen-bond acceptors (Lipinski definition) is 8. The Morgan fingerprint density at radius 3 is 1.54 bits per heavy atom. The Kier molecular flexibility index (Phi) is 13.5. The van der Waals surface area contributed by atoms with Gasteiger partial charge in [0.1, 0.15) is 0 Å². The molecule has 0 aromatic rings. The molecule has 410 valence electrons. The summed E-state index contributed by atoms with van der Waals surface area (Å²) in [5.74, 6) is 2.22. The maximum absolute atomic E-state index is 13.2. The predicted molar refractivity (Wildman–Crippen MR) is 276 cm³/mol. The molecular formula is C60H87F3N4O7. The number of nitrogens with two attached hydrogens (primary N) is 1. The highest BCUT2D eigenvalue weighted by Gasteiger charge is 2.64. The summed E-state index contributed by atoms with van der Waals surface area (Å²) in [5.41, 5.74) is 14.5. The summed E-state index contributed by atoms with van der Waals surface area (Å²) in [7, 11) is 0. The van der Waals surface area contributed by atoms with Crippen molar-refractivity contribution in [1.29, 1.82) is 0 Å². The Hall–Kier alpha value is -3.04. The lowest BCUT2D eigenvalue weighted by atomic mass is 9.56. The topological polar surface area (TPSA) is 155 Å². The van der Waals surface area contributed by atoms with Gasteiger partial charge in [-0.25, -0.2) is 0 Å². The number of nitrogens with zero attached hydrogens (tertiary/aromatic N) is 2. The Labute approximate surface area is 438 Å². The summed E-state index contributed by atoms with van der Waals surface area (Å²) >= 11 is 0. The van der Waals surface area contributed by atoms with Crippen LogP contribution in [0.2, 0.25) is 0 Å². The Balaban J connectivity index is 0.000000161. The fourth-order valence-electron chi connectivity index (χ4n) is 19.7. The minimum atomic E-state index is -5.02. The molecule has 3 amide bonds. The van der Waals surface area contributed by atoms with E-state index in [1.807, 2.05) is 6.92 Å². The van der Waals surface area contributed by atoms with E-state index in [4.69, 9.17) is 15.2 Å². The second kappa shape index (κ2) is 18.8. The zero-order valence-corrected chi connectivity index (χ0v) is 45.6. The van der Waals surface area contributed by atoms with Gasteiger partial charge in [0.15, 0.2) is 0 Å². The average Bonchev–Trinajstić information content (AvgIpc) is 4.09. The number of aliphatic hydroxyl groups excluding tert-OH is 2. The van der Waals surface area contributed by atoms with E-state index in [2.05, 4.69) is 65.5 Å². The number of aliphatic hydroxyl groups is 2. The van der Waals surface area contributed by atoms with E-state index in [0.717, 1.165) is 95.9 Å². The number of piperidine rings is 2. The minimum Gasteiger partial charge on any atom is -0.393 e. The molecule has 0 bridgehead atoms. The van der Waals surface area contributed by atoms with Gasteiger partial charge in [0, 0.05) is 24.9 Å². The molecule has 5 N–H and O–H groups in total. The van der Waals surface area contributed by atoms with Crippen LogP contribution in [0, 0.1) is 70.0 Å². The van der Waals surface area contributed by atoms with Crippen molar-refractivity contribution in [2.75, 3.05) is 26.2 Å². The molecule has 0 aromatic carbocycles. The van der Waals surface area contributed by atoms with Crippen LogP contribution in [0.4, 0.5) is 13.2 Å². The molecule has 2 unspecified atom stereocenters. The van der Waals surface area contributed by atoms with Crippen LogP contribution in [-0.4, -0.2) is 118 Å². The van der Waals surface area contributed by atoms with Crippen molar-refractivity contribution in [2.45, 2.75) is 212 Å². The number of amides is 3. The van der Waals surface area contributed by atoms with Crippen LogP contribution in [0.5, 0.6) is 0 Å². The largest absolute Gasteiger partial charge is 0.471 e. The molecule has 12 rings (SSSR count). The van der Waals surface area contributed by atoms with Crippen molar-refractivity contribution in [3.63, 3.8) is 0 Å². The number of rotatable bonds is 3. The number of ether oxygens (including phenoxy) is 2. The van der Waals surface area contributed by atoms with Crippen molar-refractivity contribution in [3.05, 3.63) is 45.6 Å². The van der Waals surface area contributed by atoms with Gasteiger partial charge in [-0.1, -0.05) is 76.0 Å². The molecule has 4 aliphatic heterocycles. The van der Waals surface area contributed by atoms with Gasteiger partial charge in [-0.2, -0.15) is 13.2 Å². The van der Waals surface area contributed by atoms with E-state index < -0.39 is 30.1 Å². The highest BCUT2D eigenvalue weighted by Crippen LogP contribution is 2.67. The lowest BCUT2D eigenvalue weighted by Crippen LogP contribution is -2.57. The molecule has 0 aromatic heterocycles. The smallest absolute Gasteiger partial charge is 0.393 e. The van der Waals surface area contributed by atoms with E-state index in [-0.39, 0.29) is 77.2 Å². The molecular weight excluding hydrogens is 946 g/mol. The molecule has 8 aliphatic carbocycles. The Morgan fingerprint density at radius 2 is 1.12 bits per heavy atom. The molecule has 14 heteroatoms. The third-order valence-electron chi connectivity index (χ3n) is 23.5. The molecule has 20 atom stereocenters. The van der Waals surface area contributed by atoms with Gasteiger partial charge in [-0.3, -0.25) is 14.4 Å². The molecule has 74 heavy (non-hydrogen) atoms. The number of allylic oxidation sites excluding steroid dienone is 4. The number of likely N-dealkylation sites (tertiary alicyclic amines) is 2. The number of nitrogens with one attached hydrogen (secondary N) is 1. The molecule has 12 aliphatic rings. The molecule has 2 spiro atoms. The lowest BCUT2D eigenvalue weighted by molar-refractivity contribution is -0.174. The van der Waals surface area contributed by atoms with Gasteiger partial charge in [0.05, 0.1) is 60.8 Å². The summed E-state index contributed by atoms with van der Waals surface area (Å²) in [6.45, 7) is 18.9. The minimum absolute atomic E-state index is 0.00236. The Bertz CT molecular complexity index is 2420. The first kappa shape index (κ1) is 53.0. The van der Waals surface area contributed by atoms with Crippen LogP contribution in [0.1, 0.15) is 158 Å². The number of alkyl halides is 3. The van der Waals surface area contributed by atoms with Crippen LogP contribution >= 0.6 is 0 Å². The zero-order valence-electron chi connectivity index (χ0n) is 45.6. The van der Waals surface area contributed by atoms with E-state index in [0.29, 0.717) is 48.0 Å². The molecule has 4 saturated carbocycles. The van der Waals surface area contributed by atoms with Gasteiger partial charge >= 0.3 is 12.1 Å². The number of carbonyl (C=O) groups is 3. The quantitative estimate of drug-likeness (QED) is 0.204. The normalized spacial score (nSPS) is 47.0. The zero-order chi connectivity index (χ0) is 52.8. The summed E-state index contributed by atoms with van der Waals surface area (Å²) in [4.78, 5) is 41.2. The van der Waals surface area contributed by atoms with E-state index in [1.165, 1.54) is 47.1 Å². The SMILES string of the molecule is CC1=C2C[C@H]3[C@@H](CC=C4C[C@@H](O)CC[C@@]43C)[C@@H]2CCC12O[C@@H]1C[C@H](C)CN(C(=O)CN)[C@H]1[C@H]2C.CC1=C2C[C@H]3[C@@H](CC=C4C[C@@H](O)CC[C@@]43C)[C@@H]2CCC12O[C@@H]1C[C@H](C)CN(C(=O)CNC(=O)C(F)(F)F)[C@H]1[C@H]2C. The highest BCUT2D eigenvalue weighted by molar-refractivity contribution is 5.87. The van der Waals surface area contributed by atoms with Gasteiger partial charge in [0.25, 0.3) is 0 Å². The molecule has 11 nitrogen and oxygen atoms in total. The van der Waals surface area contributed by atoms with Gasteiger partial charge in [-0.05, 0) is 186 Å². The standard InChI is InChI=1S/C31H43F3N2O4.C29H44N2O3/c1-16-11-25-27(36(15-16)26(38)14-35-28(39)31(32,33)34)18(3)30(40-25)10-8-21-22-6-5-19-12-20(37)7-9-29(19,4)24(22)13-23(21)17(30)2;1-16-11-25-27(31(15-16)26(33)14-30)18(3)29(34-25)10-8-21-22-6-5-19-12-20(32)7-9-28(19,4)24(22)13-23(21)17(29)2/h5,16,18,20-22,24-25,27,37H,6-15H2,1-4H3,(H,35,39);5,16,18,20-22,24-25,27,32H,6-15,30H2,1-4H3/t16-,18+,20-,21-,22-,24-,25+,27-,29-,30?;16-,18+,20-,21-,22-,24-,25+,27-,28-,29?/m00/s1. The predicted octanol–water partition coefficient (Wildman–Crippen LogP) is 9.12. The first-order chi connectivity index (χ1) is 34.9. The number of halogens is 3. The molecule has 4 saturated heterocycles. The maximum Gasteiger partial charge on any atom is 0.471 e. The lowest BCUT2D eigenvalue weighted by Gasteiger charge is -2.49. The first-order valence-electron chi connectivity index (χ1n) is 29.1. The second-order valence-electron chi connectivity index (χ2n) is 26.9. The third kappa shape index (κ3) is 8.13. The third-order valence-corrected chi connectivity index (χ3v) is 23.5. The summed E-state index contributed by atoms with van der Waals surface area (Å²) in [6, 6.07) is -0.0819. The van der Waals surface area contributed by atoms with Crippen molar-refractivity contribution in [3.8, 4) is 0 Å². The van der Waals surface area contributed by atoms with Gasteiger partial charge in [-0.15, -0.1) is 0 Å². The van der Waals surface area contributed by atoms with Crippen LogP contribution in [0.3, 0.4) is 0 Å². The van der Waals surface area contributed by atoms with Gasteiger partial charge in [0.2, 0.25) is 11.8 Å². The number of fused-ring (bicyclic) bond motifs is 12.